The van der Waals surface area contributed by atoms with Gasteiger partial charge in [-0.15, -0.1) is 0 Å². The van der Waals surface area contributed by atoms with Gasteiger partial charge in [0.25, 0.3) is 5.89 Å². The van der Waals surface area contributed by atoms with Crippen molar-refractivity contribution in [3.05, 3.63) is 53.1 Å². The summed E-state index contributed by atoms with van der Waals surface area (Å²) < 4.78 is 5.28. The first-order valence-electron chi connectivity index (χ1n) is 6.09. The number of anilines is 1. The molecule has 0 aliphatic rings. The van der Waals surface area contributed by atoms with Gasteiger partial charge in [0.2, 0.25) is 5.82 Å². The molecule has 0 aliphatic carbocycles. The molecule has 2 aromatic carbocycles. The molecule has 0 aliphatic heterocycles. The number of aromatic nitrogens is 2. The van der Waals surface area contributed by atoms with Crippen molar-refractivity contribution in [3.8, 4) is 22.8 Å². The highest BCUT2D eigenvalue weighted by Gasteiger charge is 2.13. The molecule has 0 saturated heterocycles. The molecule has 0 radical (unpaired) electrons. The smallest absolute Gasteiger partial charge is 0.259 e. The maximum absolute atomic E-state index is 6.14. The summed E-state index contributed by atoms with van der Waals surface area (Å²) in [6.07, 6.45) is 0. The summed E-state index contributed by atoms with van der Waals surface area (Å²) in [5, 5.41) is 4.48. The van der Waals surface area contributed by atoms with Gasteiger partial charge < -0.3 is 10.3 Å². The molecule has 0 amide bonds. The molecule has 0 fully saturated rings. The molecule has 1 aromatic heterocycles. The van der Waals surface area contributed by atoms with Crippen LogP contribution in [0.5, 0.6) is 0 Å². The van der Waals surface area contributed by atoms with Crippen molar-refractivity contribution in [2.45, 2.75) is 6.92 Å². The average Bonchev–Trinajstić information content (AvgIpc) is 2.88. The van der Waals surface area contributed by atoms with Crippen LogP contribution in [0.25, 0.3) is 22.8 Å². The predicted molar refractivity (Wildman–Crippen MR) is 79.3 cm³/mol. The average molecular weight is 286 g/mol. The van der Waals surface area contributed by atoms with Crippen LogP contribution in [0.1, 0.15) is 5.56 Å². The van der Waals surface area contributed by atoms with E-state index in [9.17, 15) is 0 Å². The second-order valence-corrected chi connectivity index (χ2v) is 4.94. The molecule has 0 bridgehead atoms. The minimum absolute atomic E-state index is 0.381. The summed E-state index contributed by atoms with van der Waals surface area (Å²) in [5.74, 6) is 0.920. The van der Waals surface area contributed by atoms with E-state index in [1.165, 1.54) is 0 Å². The number of rotatable bonds is 2. The number of nitrogens with zero attached hydrogens (tertiary/aromatic N) is 2. The summed E-state index contributed by atoms with van der Waals surface area (Å²) in [4.78, 5) is 4.38. The maximum Gasteiger partial charge on any atom is 0.259 e. The molecule has 0 spiro atoms. The monoisotopic (exact) mass is 285 g/mol. The van der Waals surface area contributed by atoms with Gasteiger partial charge in [-0.1, -0.05) is 40.5 Å². The van der Waals surface area contributed by atoms with E-state index in [-0.39, 0.29) is 0 Å². The third-order valence-corrected chi connectivity index (χ3v) is 3.24. The molecule has 0 unspecified atom stereocenters. The highest BCUT2D eigenvalue weighted by Crippen LogP contribution is 2.29. The summed E-state index contributed by atoms with van der Waals surface area (Å²) in [6.45, 7) is 2.02. The zero-order chi connectivity index (χ0) is 14.1. The second kappa shape index (κ2) is 4.98. The fraction of sp³-hybridized carbons (Fsp3) is 0.0667. The van der Waals surface area contributed by atoms with Gasteiger partial charge in [0, 0.05) is 11.3 Å². The highest BCUT2D eigenvalue weighted by molar-refractivity contribution is 6.33. The maximum atomic E-state index is 6.14. The Hall–Kier alpha value is -2.33. The molecule has 4 nitrogen and oxygen atoms in total. The van der Waals surface area contributed by atoms with Crippen LogP contribution in [0, 0.1) is 6.92 Å². The zero-order valence-corrected chi connectivity index (χ0v) is 11.6. The Kier molecular flexibility index (Phi) is 3.16. The Balaban J connectivity index is 2.02. The molecule has 20 heavy (non-hydrogen) atoms. The van der Waals surface area contributed by atoms with Gasteiger partial charge in [-0.2, -0.15) is 4.98 Å². The molecular formula is C15H12ClN3O. The first-order valence-corrected chi connectivity index (χ1v) is 6.47. The minimum Gasteiger partial charge on any atom is -0.399 e. The van der Waals surface area contributed by atoms with Gasteiger partial charge in [-0.05, 0) is 31.2 Å². The lowest BCUT2D eigenvalue weighted by atomic mass is 10.1. The molecule has 1 heterocycles. The Bertz CT molecular complexity index is 767. The van der Waals surface area contributed by atoms with E-state index in [0.29, 0.717) is 28.0 Å². The lowest BCUT2D eigenvalue weighted by molar-refractivity contribution is 0.432. The summed E-state index contributed by atoms with van der Waals surface area (Å²) in [5.41, 5.74) is 8.98. The third-order valence-electron chi connectivity index (χ3n) is 2.93. The van der Waals surface area contributed by atoms with Gasteiger partial charge >= 0.3 is 0 Å². The Morgan fingerprint density at radius 1 is 1.15 bits per heavy atom. The molecular weight excluding hydrogens is 274 g/mol. The van der Waals surface area contributed by atoms with Gasteiger partial charge in [0.05, 0.1) is 10.6 Å². The lowest BCUT2D eigenvalue weighted by Gasteiger charge is -1.99. The molecule has 3 aromatic rings. The lowest BCUT2D eigenvalue weighted by Crippen LogP contribution is -1.86. The van der Waals surface area contributed by atoms with Crippen molar-refractivity contribution in [2.75, 3.05) is 5.73 Å². The van der Waals surface area contributed by atoms with E-state index in [0.717, 1.165) is 11.1 Å². The van der Waals surface area contributed by atoms with Crippen molar-refractivity contribution < 1.29 is 4.52 Å². The Labute approximate surface area is 121 Å². The van der Waals surface area contributed by atoms with E-state index in [2.05, 4.69) is 10.1 Å². The van der Waals surface area contributed by atoms with E-state index < -0.39 is 0 Å². The Morgan fingerprint density at radius 3 is 2.75 bits per heavy atom. The summed E-state index contributed by atoms with van der Waals surface area (Å²) in [7, 11) is 0. The van der Waals surface area contributed by atoms with E-state index >= 15 is 0 Å². The number of hydrogen-bond donors (Lipinski definition) is 1. The largest absolute Gasteiger partial charge is 0.399 e. The van der Waals surface area contributed by atoms with E-state index in [1.807, 2.05) is 31.2 Å². The van der Waals surface area contributed by atoms with Gasteiger partial charge in [0.15, 0.2) is 0 Å². The quantitative estimate of drug-likeness (QED) is 0.724. The van der Waals surface area contributed by atoms with Crippen molar-refractivity contribution in [1.82, 2.24) is 10.1 Å². The van der Waals surface area contributed by atoms with Gasteiger partial charge in [-0.25, -0.2) is 0 Å². The fourth-order valence-electron chi connectivity index (χ4n) is 1.94. The van der Waals surface area contributed by atoms with Gasteiger partial charge in [-0.3, -0.25) is 0 Å². The minimum atomic E-state index is 0.381. The molecule has 0 atom stereocenters. The Morgan fingerprint density at radius 2 is 2.00 bits per heavy atom. The number of hydrogen-bond acceptors (Lipinski definition) is 4. The third kappa shape index (κ3) is 2.38. The number of nitrogen functional groups attached to an aromatic ring is 1. The van der Waals surface area contributed by atoms with Crippen LogP contribution >= 0.6 is 11.6 Å². The summed E-state index contributed by atoms with van der Waals surface area (Å²) >= 11 is 6.14. The van der Waals surface area contributed by atoms with Crippen LogP contribution in [0.4, 0.5) is 5.69 Å². The SMILES string of the molecule is Cc1cccc(-c2noc(-c3ccc(N)cc3Cl)n2)c1. The van der Waals surface area contributed by atoms with Crippen LogP contribution in [0.2, 0.25) is 5.02 Å². The van der Waals surface area contributed by atoms with Crippen LogP contribution in [-0.2, 0) is 0 Å². The topological polar surface area (TPSA) is 64.9 Å². The van der Waals surface area contributed by atoms with Crippen molar-refractivity contribution >= 4 is 17.3 Å². The highest BCUT2D eigenvalue weighted by atomic mass is 35.5. The molecule has 0 saturated carbocycles. The first kappa shape index (κ1) is 12.7. The second-order valence-electron chi connectivity index (χ2n) is 4.53. The van der Waals surface area contributed by atoms with Crippen molar-refractivity contribution in [1.29, 1.82) is 0 Å². The van der Waals surface area contributed by atoms with Crippen molar-refractivity contribution in [2.24, 2.45) is 0 Å². The van der Waals surface area contributed by atoms with Crippen LogP contribution < -0.4 is 5.73 Å². The van der Waals surface area contributed by atoms with Crippen molar-refractivity contribution in [3.63, 3.8) is 0 Å². The zero-order valence-electron chi connectivity index (χ0n) is 10.8. The number of halogens is 1. The van der Waals surface area contributed by atoms with Crippen LogP contribution in [0.3, 0.4) is 0 Å². The van der Waals surface area contributed by atoms with Gasteiger partial charge in [0.1, 0.15) is 0 Å². The first-order chi connectivity index (χ1) is 9.63. The summed E-state index contributed by atoms with van der Waals surface area (Å²) in [6, 6.07) is 13.1. The molecule has 2 N–H and O–H groups in total. The number of aryl methyl sites for hydroxylation is 1. The normalized spacial score (nSPS) is 10.7. The standard InChI is InChI=1S/C15H12ClN3O/c1-9-3-2-4-10(7-9)14-18-15(20-19-14)12-6-5-11(17)8-13(12)16/h2-8H,17H2,1H3. The number of benzene rings is 2. The van der Waals surface area contributed by atoms with Crippen LogP contribution in [0.15, 0.2) is 47.0 Å². The predicted octanol–water partition coefficient (Wildman–Crippen LogP) is 3.95. The van der Waals surface area contributed by atoms with E-state index in [4.69, 9.17) is 21.9 Å². The fourth-order valence-corrected chi connectivity index (χ4v) is 2.21. The van der Waals surface area contributed by atoms with Crippen LogP contribution in [-0.4, -0.2) is 10.1 Å². The van der Waals surface area contributed by atoms with E-state index in [1.54, 1.807) is 18.2 Å². The molecule has 3 rings (SSSR count). The number of nitrogens with two attached hydrogens (primary N) is 1. The molecule has 5 heteroatoms. The molecule has 100 valence electrons.